The van der Waals surface area contributed by atoms with E-state index in [9.17, 15) is 0 Å². The van der Waals surface area contributed by atoms with Crippen molar-refractivity contribution in [2.45, 2.75) is 59.1 Å². The highest BCUT2D eigenvalue weighted by Gasteiger charge is 2.42. The van der Waals surface area contributed by atoms with E-state index in [1.165, 1.54) is 18.4 Å². The lowest BCUT2D eigenvalue weighted by molar-refractivity contribution is 0.140. The van der Waals surface area contributed by atoms with Crippen LogP contribution in [0.2, 0.25) is 0 Å². The molecule has 2 nitrogen and oxygen atoms in total. The Hall–Kier alpha value is -1.02. The summed E-state index contributed by atoms with van der Waals surface area (Å²) >= 11 is 0. The van der Waals surface area contributed by atoms with E-state index in [4.69, 9.17) is 4.74 Å². The first kappa shape index (κ1) is 14.4. The maximum atomic E-state index is 6.21. The van der Waals surface area contributed by atoms with Crippen LogP contribution < -0.4 is 10.1 Å². The maximum Gasteiger partial charge on any atom is 0.119 e. The van der Waals surface area contributed by atoms with Gasteiger partial charge in [0.1, 0.15) is 11.9 Å². The van der Waals surface area contributed by atoms with Crippen molar-refractivity contribution in [1.29, 1.82) is 0 Å². The molecule has 0 heterocycles. The molecule has 0 spiro atoms. The van der Waals surface area contributed by atoms with Gasteiger partial charge in [-0.2, -0.15) is 0 Å². The highest BCUT2D eigenvalue weighted by atomic mass is 16.5. The van der Waals surface area contributed by atoms with Crippen LogP contribution in [0.1, 0.15) is 45.6 Å². The largest absolute Gasteiger partial charge is 0.489 e. The molecule has 2 unspecified atom stereocenters. The number of ether oxygens (including phenoxy) is 1. The molecule has 0 amide bonds. The van der Waals surface area contributed by atoms with Crippen LogP contribution in [0.5, 0.6) is 5.75 Å². The Morgan fingerprint density at radius 2 is 1.95 bits per heavy atom. The highest BCUT2D eigenvalue weighted by molar-refractivity contribution is 5.27. The Balaban J connectivity index is 2.03. The molecule has 1 aromatic carbocycles. The van der Waals surface area contributed by atoms with Gasteiger partial charge in [0.2, 0.25) is 0 Å². The minimum atomic E-state index is 0.296. The number of rotatable bonds is 5. The number of benzene rings is 1. The molecule has 1 N–H and O–H groups in total. The average Bonchev–Trinajstić information content (AvgIpc) is 2.65. The summed E-state index contributed by atoms with van der Waals surface area (Å²) in [6.45, 7) is 10.1. The van der Waals surface area contributed by atoms with E-state index in [2.05, 4.69) is 57.3 Å². The molecule has 0 radical (unpaired) electrons. The molecule has 1 aliphatic carbocycles. The van der Waals surface area contributed by atoms with Crippen LogP contribution in [0, 0.1) is 12.3 Å². The van der Waals surface area contributed by atoms with Gasteiger partial charge in [0.15, 0.2) is 0 Å². The summed E-state index contributed by atoms with van der Waals surface area (Å²) in [5, 5.41) is 3.68. The summed E-state index contributed by atoms with van der Waals surface area (Å²) in [5.74, 6) is 0.997. The fourth-order valence-corrected chi connectivity index (χ4v) is 2.97. The van der Waals surface area contributed by atoms with Crippen molar-refractivity contribution in [1.82, 2.24) is 5.32 Å². The number of hydrogen-bond acceptors (Lipinski definition) is 2. The normalized spacial score (nSPS) is 25.5. The van der Waals surface area contributed by atoms with Gasteiger partial charge in [0, 0.05) is 6.04 Å². The van der Waals surface area contributed by atoms with Gasteiger partial charge in [0.25, 0.3) is 0 Å². The molecule has 0 bridgehead atoms. The second-order valence-corrected chi connectivity index (χ2v) is 6.43. The molecule has 2 heteroatoms. The van der Waals surface area contributed by atoms with Crippen molar-refractivity contribution in [3.05, 3.63) is 29.8 Å². The minimum Gasteiger partial charge on any atom is -0.489 e. The standard InChI is InChI=1S/C17H27NO/c1-5-12-18-16-15(10-11-17(16,3)4)19-14-8-6-13(2)7-9-14/h6-9,15-16,18H,5,10-12H2,1-4H3. The molecule has 0 aliphatic heterocycles. The van der Waals surface area contributed by atoms with Gasteiger partial charge in [-0.3, -0.25) is 0 Å². The van der Waals surface area contributed by atoms with Crippen LogP contribution >= 0.6 is 0 Å². The Bertz CT molecular complexity index is 396. The van der Waals surface area contributed by atoms with Crippen molar-refractivity contribution >= 4 is 0 Å². The van der Waals surface area contributed by atoms with Gasteiger partial charge in [-0.25, -0.2) is 0 Å². The topological polar surface area (TPSA) is 21.3 Å². The lowest BCUT2D eigenvalue weighted by atomic mass is 9.87. The van der Waals surface area contributed by atoms with Gasteiger partial charge >= 0.3 is 0 Å². The van der Waals surface area contributed by atoms with E-state index in [1.54, 1.807) is 0 Å². The van der Waals surface area contributed by atoms with Gasteiger partial charge in [-0.1, -0.05) is 38.5 Å². The molecule has 2 rings (SSSR count). The van der Waals surface area contributed by atoms with Gasteiger partial charge in [-0.05, 0) is 50.3 Å². The summed E-state index contributed by atoms with van der Waals surface area (Å²) in [6, 6.07) is 8.84. The average molecular weight is 261 g/mol. The third-order valence-electron chi connectivity index (χ3n) is 4.21. The molecule has 1 aliphatic rings. The Morgan fingerprint density at radius 3 is 2.58 bits per heavy atom. The first-order valence-electron chi connectivity index (χ1n) is 7.49. The van der Waals surface area contributed by atoms with E-state index in [-0.39, 0.29) is 0 Å². The number of aryl methyl sites for hydroxylation is 1. The van der Waals surface area contributed by atoms with Gasteiger partial charge in [-0.15, -0.1) is 0 Å². The van der Waals surface area contributed by atoms with E-state index >= 15 is 0 Å². The lowest BCUT2D eigenvalue weighted by Crippen LogP contribution is -2.46. The van der Waals surface area contributed by atoms with Crippen molar-refractivity contribution in [2.75, 3.05) is 6.54 Å². The molecule has 0 aromatic heterocycles. The molecule has 2 atom stereocenters. The van der Waals surface area contributed by atoms with Crippen LogP contribution in [0.3, 0.4) is 0 Å². The van der Waals surface area contributed by atoms with Gasteiger partial charge < -0.3 is 10.1 Å². The van der Waals surface area contributed by atoms with E-state index < -0.39 is 0 Å². The third-order valence-corrected chi connectivity index (χ3v) is 4.21. The van der Waals surface area contributed by atoms with Crippen molar-refractivity contribution in [3.63, 3.8) is 0 Å². The molecule has 1 saturated carbocycles. The Morgan fingerprint density at radius 1 is 1.26 bits per heavy atom. The smallest absolute Gasteiger partial charge is 0.119 e. The summed E-state index contributed by atoms with van der Waals surface area (Å²) in [5.41, 5.74) is 1.60. The molecule has 106 valence electrons. The summed E-state index contributed by atoms with van der Waals surface area (Å²) < 4.78 is 6.21. The van der Waals surface area contributed by atoms with E-state index in [0.717, 1.165) is 18.7 Å². The molecule has 19 heavy (non-hydrogen) atoms. The SMILES string of the molecule is CCCNC1C(Oc2ccc(C)cc2)CCC1(C)C. The second kappa shape index (κ2) is 5.96. The van der Waals surface area contributed by atoms with E-state index in [0.29, 0.717) is 17.6 Å². The molecule has 1 fully saturated rings. The third kappa shape index (κ3) is 3.50. The molecule has 1 aromatic rings. The fourth-order valence-electron chi connectivity index (χ4n) is 2.97. The van der Waals surface area contributed by atoms with E-state index in [1.807, 2.05) is 0 Å². The maximum absolute atomic E-state index is 6.21. The lowest BCUT2D eigenvalue weighted by Gasteiger charge is -2.31. The zero-order valence-corrected chi connectivity index (χ0v) is 12.7. The van der Waals surface area contributed by atoms with Crippen LogP contribution in [0.15, 0.2) is 24.3 Å². The predicted molar refractivity (Wildman–Crippen MR) is 80.7 cm³/mol. The highest BCUT2D eigenvalue weighted by Crippen LogP contribution is 2.39. The molecular formula is C17H27NO. The summed E-state index contributed by atoms with van der Waals surface area (Å²) in [6.07, 6.45) is 3.83. The first-order chi connectivity index (χ1) is 9.03. The summed E-state index contributed by atoms with van der Waals surface area (Å²) in [4.78, 5) is 0. The quantitative estimate of drug-likeness (QED) is 0.867. The van der Waals surface area contributed by atoms with Crippen molar-refractivity contribution in [2.24, 2.45) is 5.41 Å². The Labute approximate surface area is 117 Å². The fraction of sp³-hybridized carbons (Fsp3) is 0.647. The van der Waals surface area contributed by atoms with Crippen molar-refractivity contribution < 1.29 is 4.74 Å². The first-order valence-corrected chi connectivity index (χ1v) is 7.49. The summed E-state index contributed by atoms with van der Waals surface area (Å²) in [7, 11) is 0. The molecular weight excluding hydrogens is 234 g/mol. The van der Waals surface area contributed by atoms with Crippen LogP contribution in [0.25, 0.3) is 0 Å². The van der Waals surface area contributed by atoms with Crippen LogP contribution in [0.4, 0.5) is 0 Å². The van der Waals surface area contributed by atoms with Crippen LogP contribution in [-0.4, -0.2) is 18.7 Å². The molecule has 0 saturated heterocycles. The zero-order chi connectivity index (χ0) is 13.9. The Kier molecular flexibility index (Phi) is 4.51. The number of nitrogens with one attached hydrogen (secondary N) is 1. The predicted octanol–water partition coefficient (Wildman–Crippen LogP) is 3.93. The monoisotopic (exact) mass is 261 g/mol. The van der Waals surface area contributed by atoms with Crippen LogP contribution in [-0.2, 0) is 0 Å². The second-order valence-electron chi connectivity index (χ2n) is 6.43. The van der Waals surface area contributed by atoms with Crippen molar-refractivity contribution in [3.8, 4) is 5.75 Å². The minimum absolute atomic E-state index is 0.296. The number of hydrogen-bond donors (Lipinski definition) is 1. The van der Waals surface area contributed by atoms with Gasteiger partial charge in [0.05, 0.1) is 0 Å². The zero-order valence-electron chi connectivity index (χ0n) is 12.7.